The number of carbonyl (C=O) groups is 1. The molecule has 1 fully saturated rings. The largest absolute Gasteiger partial charge is 0.396 e. The predicted octanol–water partition coefficient (Wildman–Crippen LogP) is 4.03. The fraction of sp³-hybridized carbons (Fsp3) is 0.292. The molecule has 0 aliphatic carbocycles. The molecule has 3 N–H and O–H groups in total. The smallest absolute Gasteiger partial charge is 0.323 e. The number of nitrogens with two attached hydrogens (primary N) is 1. The first-order chi connectivity index (χ1) is 15.8. The van der Waals surface area contributed by atoms with Gasteiger partial charge in [-0.05, 0) is 36.2 Å². The van der Waals surface area contributed by atoms with Gasteiger partial charge in [-0.1, -0.05) is 29.8 Å². The number of amides is 2. The molecule has 1 saturated heterocycles. The lowest BCUT2D eigenvalue weighted by molar-refractivity contribution is -0.133. The van der Waals surface area contributed by atoms with E-state index < -0.39 is 5.92 Å². The average Bonchev–Trinajstić information content (AvgIpc) is 3.18. The highest BCUT2D eigenvalue weighted by Crippen LogP contribution is 2.30. The zero-order chi connectivity index (χ0) is 23.2. The Kier molecular flexibility index (Phi) is 5.20. The number of likely N-dealkylation sites (tertiary alicyclic amines) is 1. The Balaban J connectivity index is 1.25. The van der Waals surface area contributed by atoms with E-state index in [9.17, 15) is 13.6 Å². The van der Waals surface area contributed by atoms with Crippen molar-refractivity contribution in [1.82, 2.24) is 19.8 Å². The van der Waals surface area contributed by atoms with Crippen molar-refractivity contribution in [3.05, 3.63) is 71.0 Å². The SMILES string of the molecule is Cc1ccc(-c2ccc(N)c(NC(=O)N3Cc4cc(CN5CC(F)(F)C5)cnc4C3)n2)cc1. The van der Waals surface area contributed by atoms with E-state index in [4.69, 9.17) is 5.73 Å². The minimum Gasteiger partial charge on any atom is -0.396 e. The number of alkyl halides is 2. The molecular weight excluding hydrogens is 426 g/mol. The number of nitrogen functional groups attached to an aromatic ring is 1. The molecule has 2 amide bonds. The minimum atomic E-state index is -2.59. The summed E-state index contributed by atoms with van der Waals surface area (Å²) in [6.45, 7) is 2.73. The number of fused-ring (bicyclic) bond motifs is 1. The summed E-state index contributed by atoms with van der Waals surface area (Å²) in [7, 11) is 0. The first-order valence-electron chi connectivity index (χ1n) is 10.7. The van der Waals surface area contributed by atoms with Gasteiger partial charge in [0.15, 0.2) is 5.82 Å². The van der Waals surface area contributed by atoms with Crippen molar-refractivity contribution < 1.29 is 13.6 Å². The molecule has 33 heavy (non-hydrogen) atoms. The third kappa shape index (κ3) is 4.49. The van der Waals surface area contributed by atoms with Crippen LogP contribution in [0.1, 0.15) is 22.4 Å². The Morgan fingerprint density at radius 2 is 1.91 bits per heavy atom. The molecule has 1 aromatic carbocycles. The van der Waals surface area contributed by atoms with Crippen LogP contribution in [0.15, 0.2) is 48.7 Å². The van der Waals surface area contributed by atoms with E-state index in [-0.39, 0.29) is 19.1 Å². The van der Waals surface area contributed by atoms with Gasteiger partial charge in [0.2, 0.25) is 0 Å². The van der Waals surface area contributed by atoms with Gasteiger partial charge in [-0.3, -0.25) is 15.2 Å². The lowest BCUT2D eigenvalue weighted by Gasteiger charge is -2.38. The van der Waals surface area contributed by atoms with Crippen LogP contribution in [-0.4, -0.2) is 44.8 Å². The first-order valence-corrected chi connectivity index (χ1v) is 10.7. The first kappa shape index (κ1) is 21.3. The van der Waals surface area contributed by atoms with E-state index in [0.717, 1.165) is 27.9 Å². The van der Waals surface area contributed by atoms with Crippen molar-refractivity contribution in [3.8, 4) is 11.3 Å². The molecule has 5 rings (SSSR count). The van der Waals surface area contributed by atoms with Crippen molar-refractivity contribution in [2.24, 2.45) is 0 Å². The number of nitrogens with one attached hydrogen (secondary N) is 1. The van der Waals surface area contributed by atoms with Gasteiger partial charge < -0.3 is 10.6 Å². The number of aromatic nitrogens is 2. The predicted molar refractivity (Wildman–Crippen MR) is 122 cm³/mol. The van der Waals surface area contributed by atoms with Crippen LogP contribution >= 0.6 is 0 Å². The maximum absolute atomic E-state index is 13.1. The van der Waals surface area contributed by atoms with Gasteiger partial charge in [0, 0.05) is 24.8 Å². The highest BCUT2D eigenvalue weighted by atomic mass is 19.3. The summed E-state index contributed by atoms with van der Waals surface area (Å²) < 4.78 is 26.1. The molecule has 0 bridgehead atoms. The van der Waals surface area contributed by atoms with E-state index in [1.165, 1.54) is 0 Å². The number of nitrogens with zero attached hydrogens (tertiary/aromatic N) is 4. The number of anilines is 2. The van der Waals surface area contributed by atoms with Crippen LogP contribution in [0.2, 0.25) is 0 Å². The zero-order valence-electron chi connectivity index (χ0n) is 18.2. The van der Waals surface area contributed by atoms with E-state index in [0.29, 0.717) is 36.8 Å². The molecule has 9 heteroatoms. The van der Waals surface area contributed by atoms with Gasteiger partial charge in [0.1, 0.15) is 0 Å². The highest BCUT2D eigenvalue weighted by Gasteiger charge is 2.43. The van der Waals surface area contributed by atoms with Gasteiger partial charge >= 0.3 is 6.03 Å². The fourth-order valence-corrected chi connectivity index (χ4v) is 4.15. The molecule has 7 nitrogen and oxygen atoms in total. The van der Waals surface area contributed by atoms with Gasteiger partial charge in [0.05, 0.1) is 36.7 Å². The fourth-order valence-electron chi connectivity index (χ4n) is 4.15. The summed E-state index contributed by atoms with van der Waals surface area (Å²) in [4.78, 5) is 25.2. The van der Waals surface area contributed by atoms with Crippen LogP contribution < -0.4 is 11.1 Å². The normalized spacial score (nSPS) is 16.9. The Hall–Kier alpha value is -3.59. The molecule has 0 saturated carbocycles. The molecule has 4 heterocycles. The van der Waals surface area contributed by atoms with Gasteiger partial charge in [0.25, 0.3) is 5.92 Å². The van der Waals surface area contributed by atoms with Crippen LogP contribution in [0.5, 0.6) is 0 Å². The van der Waals surface area contributed by atoms with Gasteiger partial charge in [-0.2, -0.15) is 0 Å². The topological polar surface area (TPSA) is 87.4 Å². The number of aryl methyl sites for hydroxylation is 1. The quantitative estimate of drug-likeness (QED) is 0.627. The third-order valence-corrected chi connectivity index (χ3v) is 5.92. The third-order valence-electron chi connectivity index (χ3n) is 5.92. The summed E-state index contributed by atoms with van der Waals surface area (Å²) in [5.41, 5.74) is 11.8. The van der Waals surface area contributed by atoms with Crippen molar-refractivity contribution in [1.29, 1.82) is 0 Å². The molecular formula is C24H24F2N6O. The van der Waals surface area contributed by atoms with E-state index in [1.807, 2.05) is 43.3 Å². The van der Waals surface area contributed by atoms with Crippen LogP contribution in [0.25, 0.3) is 11.3 Å². The van der Waals surface area contributed by atoms with Crippen molar-refractivity contribution in [2.75, 3.05) is 24.1 Å². The maximum Gasteiger partial charge on any atom is 0.323 e. The number of rotatable bonds is 4. The van der Waals surface area contributed by atoms with E-state index in [1.54, 1.807) is 22.1 Å². The number of pyridine rings is 2. The van der Waals surface area contributed by atoms with Gasteiger partial charge in [-0.15, -0.1) is 0 Å². The summed E-state index contributed by atoms with van der Waals surface area (Å²) in [5, 5.41) is 2.81. The molecule has 0 radical (unpaired) electrons. The zero-order valence-corrected chi connectivity index (χ0v) is 18.2. The Morgan fingerprint density at radius 3 is 2.64 bits per heavy atom. The number of hydrogen-bond donors (Lipinski definition) is 2. The number of benzene rings is 1. The standard InChI is InChI=1S/C24H24F2N6O/c1-15-2-4-17(5-3-15)20-7-6-19(27)22(29-20)30-23(33)32-11-18-8-16(9-28-21(18)12-32)10-31-13-24(25,26)14-31/h2-9H,10-14,27H2,1H3,(H,29,30,33). The van der Waals surface area contributed by atoms with Crippen LogP contribution in [0.3, 0.4) is 0 Å². The second kappa shape index (κ2) is 8.08. The molecule has 3 aromatic rings. The summed E-state index contributed by atoms with van der Waals surface area (Å²) in [6.07, 6.45) is 1.70. The number of urea groups is 1. The minimum absolute atomic E-state index is 0.227. The summed E-state index contributed by atoms with van der Waals surface area (Å²) in [5.74, 6) is -2.28. The van der Waals surface area contributed by atoms with Crippen LogP contribution in [0, 0.1) is 6.92 Å². The Morgan fingerprint density at radius 1 is 1.15 bits per heavy atom. The molecule has 2 aliphatic rings. The molecule has 2 aliphatic heterocycles. The summed E-state index contributed by atoms with van der Waals surface area (Å²) >= 11 is 0. The van der Waals surface area contributed by atoms with Gasteiger partial charge in [-0.25, -0.2) is 18.6 Å². The Bertz CT molecular complexity index is 1210. The second-order valence-electron chi connectivity index (χ2n) is 8.74. The van der Waals surface area contributed by atoms with E-state index >= 15 is 0 Å². The molecule has 0 atom stereocenters. The number of hydrogen-bond acceptors (Lipinski definition) is 5. The molecule has 170 valence electrons. The van der Waals surface area contributed by atoms with Crippen molar-refractivity contribution in [3.63, 3.8) is 0 Å². The maximum atomic E-state index is 13.1. The Labute approximate surface area is 190 Å². The highest BCUT2D eigenvalue weighted by molar-refractivity contribution is 5.92. The summed E-state index contributed by atoms with van der Waals surface area (Å²) in [6, 6.07) is 13.1. The monoisotopic (exact) mass is 450 g/mol. The van der Waals surface area contributed by atoms with Crippen molar-refractivity contribution >= 4 is 17.5 Å². The number of halogens is 2. The molecule has 0 spiro atoms. The van der Waals surface area contributed by atoms with Crippen LogP contribution in [0.4, 0.5) is 25.1 Å². The lowest BCUT2D eigenvalue weighted by Crippen LogP contribution is -2.55. The van der Waals surface area contributed by atoms with Crippen LogP contribution in [-0.2, 0) is 19.6 Å². The second-order valence-corrected chi connectivity index (χ2v) is 8.74. The van der Waals surface area contributed by atoms with Crippen molar-refractivity contribution in [2.45, 2.75) is 32.5 Å². The lowest BCUT2D eigenvalue weighted by atomic mass is 10.1. The molecule has 0 unspecified atom stereocenters. The number of carbonyl (C=O) groups excluding carboxylic acids is 1. The van der Waals surface area contributed by atoms with E-state index in [2.05, 4.69) is 15.3 Å². The average molecular weight is 450 g/mol. The molecule has 2 aromatic heterocycles.